The maximum atomic E-state index is 13.5. The Labute approximate surface area is 147 Å². The van der Waals surface area contributed by atoms with Gasteiger partial charge in [0.15, 0.2) is 0 Å². The molecule has 6 nitrogen and oxygen atoms in total. The number of ketones is 1. The number of aryl methyl sites for hydroxylation is 1. The Bertz CT molecular complexity index is 1020. The van der Waals surface area contributed by atoms with Crippen LogP contribution in [0.2, 0.25) is 5.02 Å². The van der Waals surface area contributed by atoms with Crippen molar-refractivity contribution in [3.63, 3.8) is 0 Å². The fourth-order valence-electron chi connectivity index (χ4n) is 2.39. The summed E-state index contributed by atoms with van der Waals surface area (Å²) < 4.78 is 13.6. The third-order valence-corrected chi connectivity index (χ3v) is 4.66. The highest BCUT2D eigenvalue weighted by atomic mass is 79.9. The number of nitrogens with one attached hydrogen (secondary N) is 1. The summed E-state index contributed by atoms with van der Waals surface area (Å²) in [7, 11) is 0. The van der Waals surface area contributed by atoms with E-state index in [0.29, 0.717) is 16.6 Å². The Morgan fingerprint density at radius 3 is 2.79 bits per heavy atom. The van der Waals surface area contributed by atoms with Crippen molar-refractivity contribution < 1.29 is 14.1 Å². The molecule has 1 N–H and O–H groups in total. The number of hydrogen-bond acceptors (Lipinski definition) is 4. The van der Waals surface area contributed by atoms with Crippen LogP contribution >= 0.6 is 27.5 Å². The number of carbonyl (C=O) groups excluding carboxylic acids is 1. The van der Waals surface area contributed by atoms with Crippen LogP contribution in [0.15, 0.2) is 28.7 Å². The molecule has 0 bridgehead atoms. The van der Waals surface area contributed by atoms with E-state index in [-0.39, 0.29) is 20.6 Å². The van der Waals surface area contributed by atoms with Gasteiger partial charge < -0.3 is 0 Å². The van der Waals surface area contributed by atoms with E-state index in [2.05, 4.69) is 26.1 Å². The number of carbonyl (C=O) groups is 1. The molecule has 9 heteroatoms. The van der Waals surface area contributed by atoms with Crippen molar-refractivity contribution in [3.05, 3.63) is 66.5 Å². The van der Waals surface area contributed by atoms with Gasteiger partial charge in [0.2, 0.25) is 5.78 Å². The number of rotatable bonds is 3. The molecule has 122 valence electrons. The molecule has 1 heterocycles. The Hall–Kier alpha value is -2.32. The summed E-state index contributed by atoms with van der Waals surface area (Å²) in [5.74, 6) is -1.43. The smallest absolute Gasteiger partial charge is 0.282 e. The summed E-state index contributed by atoms with van der Waals surface area (Å²) in [6, 6.07) is 4.53. The summed E-state index contributed by atoms with van der Waals surface area (Å²) in [5.41, 5.74) is 0.188. The molecule has 1 aromatic heterocycles. The van der Waals surface area contributed by atoms with Crippen molar-refractivity contribution in [2.75, 3.05) is 0 Å². The van der Waals surface area contributed by atoms with Crippen molar-refractivity contribution in [3.8, 4) is 0 Å². The molecule has 0 spiro atoms. The average Bonchev–Trinajstić information content (AvgIpc) is 2.90. The van der Waals surface area contributed by atoms with Crippen LogP contribution in [0, 0.1) is 22.9 Å². The minimum Gasteiger partial charge on any atom is -0.288 e. The second kappa shape index (κ2) is 5.95. The van der Waals surface area contributed by atoms with Gasteiger partial charge in [-0.1, -0.05) is 11.6 Å². The van der Waals surface area contributed by atoms with Gasteiger partial charge in [0.25, 0.3) is 5.69 Å². The van der Waals surface area contributed by atoms with Gasteiger partial charge in [-0.15, -0.1) is 0 Å². The van der Waals surface area contributed by atoms with Crippen LogP contribution in [0.3, 0.4) is 0 Å². The first-order valence-corrected chi connectivity index (χ1v) is 7.79. The van der Waals surface area contributed by atoms with E-state index in [1.54, 1.807) is 6.92 Å². The standard InChI is InChI=1S/C15H8BrClFN3O3/c1-6-8-5-11(21(23)24)12(13(16)14(8)20-19-6)15(22)9-4-7(18)2-3-10(9)17/h2-5H,1H3,(H,19,20). The third kappa shape index (κ3) is 2.57. The lowest BCUT2D eigenvalue weighted by Gasteiger charge is -2.08. The van der Waals surface area contributed by atoms with E-state index >= 15 is 0 Å². The molecule has 0 saturated heterocycles. The van der Waals surface area contributed by atoms with Crippen LogP contribution < -0.4 is 0 Å². The fraction of sp³-hybridized carbons (Fsp3) is 0.0667. The van der Waals surface area contributed by atoms with E-state index in [1.807, 2.05) is 0 Å². The Morgan fingerprint density at radius 1 is 1.42 bits per heavy atom. The van der Waals surface area contributed by atoms with Gasteiger partial charge in [0.1, 0.15) is 16.9 Å². The molecular formula is C15H8BrClFN3O3. The molecular weight excluding hydrogens is 405 g/mol. The van der Waals surface area contributed by atoms with Gasteiger partial charge in [0.05, 0.1) is 14.4 Å². The van der Waals surface area contributed by atoms with Crippen LogP contribution in [-0.2, 0) is 0 Å². The molecule has 0 unspecified atom stereocenters. The Morgan fingerprint density at radius 2 is 2.12 bits per heavy atom. The van der Waals surface area contributed by atoms with Crippen LogP contribution in [0.25, 0.3) is 10.9 Å². The van der Waals surface area contributed by atoms with Crippen molar-refractivity contribution >= 4 is 49.9 Å². The van der Waals surface area contributed by atoms with Gasteiger partial charge in [-0.25, -0.2) is 4.39 Å². The zero-order chi connectivity index (χ0) is 17.6. The number of nitro groups is 1. The first-order valence-electron chi connectivity index (χ1n) is 6.62. The van der Waals surface area contributed by atoms with Gasteiger partial charge in [-0.3, -0.25) is 20.0 Å². The second-order valence-corrected chi connectivity index (χ2v) is 6.24. The van der Waals surface area contributed by atoms with E-state index < -0.39 is 22.2 Å². The molecule has 0 fully saturated rings. The number of hydrogen-bond donors (Lipinski definition) is 1. The SMILES string of the molecule is Cc1[nH]nc2c(Br)c(C(=O)c3cc(F)ccc3Cl)c([N+](=O)[O-])cc12. The first kappa shape index (κ1) is 16.5. The zero-order valence-corrected chi connectivity index (χ0v) is 14.4. The summed E-state index contributed by atoms with van der Waals surface area (Å²) >= 11 is 9.16. The molecule has 0 aliphatic carbocycles. The molecule has 0 saturated carbocycles. The number of H-pyrrole nitrogens is 1. The lowest BCUT2D eigenvalue weighted by atomic mass is 9.99. The monoisotopic (exact) mass is 411 g/mol. The molecule has 3 rings (SSSR count). The maximum Gasteiger partial charge on any atom is 0.282 e. The zero-order valence-electron chi connectivity index (χ0n) is 12.1. The van der Waals surface area contributed by atoms with Crippen molar-refractivity contribution in [1.29, 1.82) is 0 Å². The average molecular weight is 413 g/mol. The number of nitrogens with zero attached hydrogens (tertiary/aromatic N) is 2. The minimum absolute atomic E-state index is 0.000836. The summed E-state index contributed by atoms with van der Waals surface area (Å²) in [5, 5.41) is 18.7. The predicted molar refractivity (Wildman–Crippen MR) is 90.0 cm³/mol. The maximum absolute atomic E-state index is 13.5. The predicted octanol–water partition coefficient (Wildman–Crippen LogP) is 4.57. The molecule has 0 amide bonds. The number of benzene rings is 2. The number of nitro benzene ring substituents is 1. The quantitative estimate of drug-likeness (QED) is 0.388. The van der Waals surface area contributed by atoms with Gasteiger partial charge in [-0.2, -0.15) is 5.10 Å². The van der Waals surface area contributed by atoms with Crippen molar-refractivity contribution in [2.45, 2.75) is 6.92 Å². The molecule has 0 aliphatic heterocycles. The first-order chi connectivity index (χ1) is 11.3. The highest BCUT2D eigenvalue weighted by Crippen LogP contribution is 2.37. The van der Waals surface area contributed by atoms with Crippen LogP contribution in [0.4, 0.5) is 10.1 Å². The molecule has 0 radical (unpaired) electrons. The number of aromatic nitrogens is 2. The molecule has 24 heavy (non-hydrogen) atoms. The summed E-state index contributed by atoms with van der Waals surface area (Å²) in [4.78, 5) is 23.6. The van der Waals surface area contributed by atoms with E-state index in [4.69, 9.17) is 11.6 Å². The topological polar surface area (TPSA) is 88.9 Å². The highest BCUT2D eigenvalue weighted by molar-refractivity contribution is 9.10. The third-order valence-electron chi connectivity index (χ3n) is 3.56. The van der Waals surface area contributed by atoms with E-state index in [9.17, 15) is 19.3 Å². The van der Waals surface area contributed by atoms with Crippen LogP contribution in [0.5, 0.6) is 0 Å². The number of fused-ring (bicyclic) bond motifs is 1. The highest BCUT2D eigenvalue weighted by Gasteiger charge is 2.29. The Kier molecular flexibility index (Phi) is 4.10. The number of halogens is 3. The molecule has 3 aromatic rings. The van der Waals surface area contributed by atoms with Crippen LogP contribution in [0.1, 0.15) is 21.6 Å². The normalized spacial score (nSPS) is 11.0. The summed E-state index contributed by atoms with van der Waals surface area (Å²) in [6.07, 6.45) is 0. The Balaban J connectivity index is 2.34. The van der Waals surface area contributed by atoms with Gasteiger partial charge in [-0.05, 0) is 41.1 Å². The lowest BCUT2D eigenvalue weighted by molar-refractivity contribution is -0.385. The fourth-order valence-corrected chi connectivity index (χ4v) is 3.28. The van der Waals surface area contributed by atoms with E-state index in [1.165, 1.54) is 12.1 Å². The van der Waals surface area contributed by atoms with Crippen molar-refractivity contribution in [1.82, 2.24) is 10.2 Å². The molecule has 0 atom stereocenters. The minimum atomic E-state index is -0.763. The number of aromatic amines is 1. The van der Waals surface area contributed by atoms with E-state index in [0.717, 1.165) is 12.1 Å². The van der Waals surface area contributed by atoms with Gasteiger partial charge in [0, 0.05) is 22.7 Å². The van der Waals surface area contributed by atoms with Crippen LogP contribution in [-0.4, -0.2) is 20.9 Å². The summed E-state index contributed by atoms with van der Waals surface area (Å²) in [6.45, 7) is 1.70. The second-order valence-electron chi connectivity index (χ2n) is 5.04. The molecule has 0 aliphatic rings. The molecule has 2 aromatic carbocycles. The van der Waals surface area contributed by atoms with Crippen molar-refractivity contribution in [2.24, 2.45) is 0 Å². The van der Waals surface area contributed by atoms with Gasteiger partial charge >= 0.3 is 0 Å². The lowest BCUT2D eigenvalue weighted by Crippen LogP contribution is -2.08. The largest absolute Gasteiger partial charge is 0.288 e.